The Bertz CT molecular complexity index is 1840. The molecule has 0 unspecified atom stereocenters. The van der Waals surface area contributed by atoms with E-state index >= 15 is 0 Å². The second-order valence-corrected chi connectivity index (χ2v) is 15.6. The summed E-state index contributed by atoms with van der Waals surface area (Å²) in [5.74, 6) is 1.89. The van der Waals surface area contributed by atoms with E-state index in [9.17, 15) is 8.42 Å². The number of thiocarbonyl (C=S) groups is 1. The van der Waals surface area contributed by atoms with Gasteiger partial charge in [-0.3, -0.25) is 0 Å². The van der Waals surface area contributed by atoms with Gasteiger partial charge in [-0.25, -0.2) is 12.9 Å². The van der Waals surface area contributed by atoms with Crippen LogP contribution in [0.1, 0.15) is 57.2 Å². The molecule has 11 heteroatoms. The summed E-state index contributed by atoms with van der Waals surface area (Å²) in [4.78, 5) is 0.975. The lowest BCUT2D eigenvalue weighted by molar-refractivity contribution is 0.0730. The van der Waals surface area contributed by atoms with Gasteiger partial charge in [-0.05, 0) is 67.3 Å². The largest absolute Gasteiger partial charge is 0.379 e. The predicted molar refractivity (Wildman–Crippen MR) is 182 cm³/mol. The molecule has 8 nitrogen and oxygen atoms in total. The first-order chi connectivity index (χ1) is 21.7. The first kappa shape index (κ1) is 30.9. The van der Waals surface area contributed by atoms with Gasteiger partial charge in [0.05, 0.1) is 18.1 Å². The summed E-state index contributed by atoms with van der Waals surface area (Å²) in [7, 11) is -3.66. The minimum Gasteiger partial charge on any atom is -0.379 e. The molecule has 45 heavy (non-hydrogen) atoms. The van der Waals surface area contributed by atoms with Gasteiger partial charge in [0, 0.05) is 47.4 Å². The molecule has 0 spiro atoms. The van der Waals surface area contributed by atoms with Crippen LogP contribution in [0.25, 0.3) is 28.2 Å². The fourth-order valence-electron chi connectivity index (χ4n) is 7.34. The Morgan fingerprint density at radius 3 is 2.56 bits per heavy atom. The van der Waals surface area contributed by atoms with Crippen LogP contribution >= 0.6 is 23.8 Å². The van der Waals surface area contributed by atoms with Crippen molar-refractivity contribution in [2.45, 2.75) is 69.9 Å². The van der Waals surface area contributed by atoms with Crippen molar-refractivity contribution in [3.05, 3.63) is 64.8 Å². The van der Waals surface area contributed by atoms with Gasteiger partial charge >= 0.3 is 0 Å². The van der Waals surface area contributed by atoms with Gasteiger partial charge in [0.1, 0.15) is 16.3 Å². The lowest BCUT2D eigenvalue weighted by Gasteiger charge is -2.35. The van der Waals surface area contributed by atoms with E-state index in [2.05, 4.69) is 35.9 Å². The van der Waals surface area contributed by atoms with E-state index in [1.807, 2.05) is 28.8 Å². The third kappa shape index (κ3) is 5.63. The summed E-state index contributed by atoms with van der Waals surface area (Å²) in [6.07, 6.45) is 6.45. The van der Waals surface area contributed by atoms with Crippen molar-refractivity contribution in [3.63, 3.8) is 0 Å². The number of halogens is 1. The molecule has 1 N–H and O–H groups in total. The summed E-state index contributed by atoms with van der Waals surface area (Å²) in [6.45, 7) is 6.97. The van der Waals surface area contributed by atoms with Crippen LogP contribution in [0.15, 0.2) is 53.4 Å². The van der Waals surface area contributed by atoms with Crippen LogP contribution in [0.3, 0.4) is 0 Å². The fourth-order valence-corrected chi connectivity index (χ4v) is 9.26. The molecule has 7 rings (SSSR count). The summed E-state index contributed by atoms with van der Waals surface area (Å²) in [5.41, 5.74) is 6.08. The zero-order chi connectivity index (χ0) is 31.3. The van der Waals surface area contributed by atoms with Crippen LogP contribution < -0.4 is 5.32 Å². The van der Waals surface area contributed by atoms with E-state index < -0.39 is 10.0 Å². The van der Waals surface area contributed by atoms with E-state index in [1.54, 1.807) is 12.1 Å². The monoisotopic (exact) mass is 665 g/mol. The SMILES string of the molecule is C[C@H]1[C@H](C)CCC[C@H]1NC(=S)c1c(-c2ccc(Cl)cc2)c2c3n(c(-c4cccc(S(=O)(=O)N5CCOCC5)c4)nn13)CCCC2. The Kier molecular flexibility index (Phi) is 8.54. The van der Waals surface area contributed by atoms with Crippen molar-refractivity contribution in [1.82, 2.24) is 23.8 Å². The maximum absolute atomic E-state index is 13.6. The fraction of sp³-hybridized carbons (Fsp3) is 0.471. The number of benzene rings is 2. The molecule has 3 aliphatic rings. The molecule has 1 saturated heterocycles. The highest BCUT2D eigenvalue weighted by atomic mass is 35.5. The molecule has 1 saturated carbocycles. The van der Waals surface area contributed by atoms with Gasteiger partial charge in [0.25, 0.3) is 0 Å². The van der Waals surface area contributed by atoms with Crippen LogP contribution in [0.4, 0.5) is 0 Å². The molecule has 2 aliphatic heterocycles. The number of aryl methyl sites for hydroxylation is 2. The molecule has 0 amide bonds. The average Bonchev–Trinajstić information content (AvgIpc) is 3.47. The highest BCUT2D eigenvalue weighted by Crippen LogP contribution is 2.39. The summed E-state index contributed by atoms with van der Waals surface area (Å²) < 4.78 is 38.4. The summed E-state index contributed by atoms with van der Waals surface area (Å²) in [6, 6.07) is 15.5. The van der Waals surface area contributed by atoms with Gasteiger partial charge in [0.2, 0.25) is 10.0 Å². The predicted octanol–water partition coefficient (Wildman–Crippen LogP) is 6.57. The number of nitrogens with one attached hydrogen (secondary N) is 1. The zero-order valence-electron chi connectivity index (χ0n) is 25.8. The smallest absolute Gasteiger partial charge is 0.243 e. The Morgan fingerprint density at radius 1 is 1.00 bits per heavy atom. The number of aromatic nitrogens is 3. The second-order valence-electron chi connectivity index (χ2n) is 12.8. The Morgan fingerprint density at radius 2 is 1.78 bits per heavy atom. The number of hydrogen-bond donors (Lipinski definition) is 1. The number of sulfonamides is 1. The van der Waals surface area contributed by atoms with Gasteiger partial charge in [-0.15, -0.1) is 5.10 Å². The van der Waals surface area contributed by atoms with Crippen molar-refractivity contribution < 1.29 is 13.2 Å². The molecule has 1 aliphatic carbocycles. The van der Waals surface area contributed by atoms with Crippen molar-refractivity contribution in [2.24, 2.45) is 11.8 Å². The van der Waals surface area contributed by atoms with E-state index in [4.69, 9.17) is 33.7 Å². The second kappa shape index (κ2) is 12.4. The maximum Gasteiger partial charge on any atom is 0.243 e. The van der Waals surface area contributed by atoms with Crippen LogP contribution in [0.2, 0.25) is 5.02 Å². The minimum absolute atomic E-state index is 0.274. The lowest BCUT2D eigenvalue weighted by Crippen LogP contribution is -2.43. The number of rotatable bonds is 6. The van der Waals surface area contributed by atoms with Crippen molar-refractivity contribution in [3.8, 4) is 22.5 Å². The van der Waals surface area contributed by atoms with Gasteiger partial charge in [-0.1, -0.05) is 74.8 Å². The molecular weight excluding hydrogens is 626 g/mol. The van der Waals surface area contributed by atoms with Gasteiger partial charge < -0.3 is 14.6 Å². The highest BCUT2D eigenvalue weighted by molar-refractivity contribution is 7.89. The van der Waals surface area contributed by atoms with Crippen LogP contribution in [-0.4, -0.2) is 64.2 Å². The molecule has 2 aromatic carbocycles. The Balaban J connectivity index is 1.38. The maximum atomic E-state index is 13.6. The third-order valence-corrected chi connectivity index (χ3v) is 12.5. The Hall–Kier alpha value is -2.76. The van der Waals surface area contributed by atoms with Crippen LogP contribution in [0, 0.1) is 11.8 Å². The van der Waals surface area contributed by atoms with Gasteiger partial charge in [-0.2, -0.15) is 4.31 Å². The molecule has 4 aromatic rings. The summed E-state index contributed by atoms with van der Waals surface area (Å²) >= 11 is 12.6. The van der Waals surface area contributed by atoms with E-state index in [0.717, 1.165) is 66.1 Å². The molecule has 238 valence electrons. The van der Waals surface area contributed by atoms with Crippen molar-refractivity contribution in [1.29, 1.82) is 0 Å². The van der Waals surface area contributed by atoms with Crippen LogP contribution in [-0.2, 0) is 27.7 Å². The van der Waals surface area contributed by atoms with E-state index in [-0.39, 0.29) is 4.90 Å². The van der Waals surface area contributed by atoms with E-state index in [1.165, 1.54) is 22.7 Å². The Labute approximate surface area is 275 Å². The van der Waals surface area contributed by atoms with Crippen molar-refractivity contribution in [2.75, 3.05) is 26.3 Å². The average molecular weight is 666 g/mol. The normalized spacial score (nSPS) is 22.8. The molecule has 2 aromatic heterocycles. The number of nitrogens with zero attached hydrogens (tertiary/aromatic N) is 4. The topological polar surface area (TPSA) is 80.9 Å². The number of hydrogen-bond acceptors (Lipinski definition) is 5. The van der Waals surface area contributed by atoms with Crippen LogP contribution in [0.5, 0.6) is 0 Å². The molecule has 0 radical (unpaired) electrons. The zero-order valence-corrected chi connectivity index (χ0v) is 28.2. The number of morpholine rings is 1. The third-order valence-electron chi connectivity index (χ3n) is 10.1. The minimum atomic E-state index is -3.66. The van der Waals surface area contributed by atoms with E-state index in [0.29, 0.717) is 54.2 Å². The molecule has 0 bridgehead atoms. The quantitative estimate of drug-likeness (QED) is 0.235. The lowest BCUT2D eigenvalue weighted by atomic mass is 9.78. The van der Waals surface area contributed by atoms with Crippen molar-refractivity contribution >= 4 is 44.5 Å². The molecule has 3 atom stereocenters. The summed E-state index contributed by atoms with van der Waals surface area (Å²) in [5, 5.41) is 9.71. The highest BCUT2D eigenvalue weighted by Gasteiger charge is 2.33. The standard InChI is InChI=1S/C34H40ClN5O3S2/c1-22-7-5-11-29(23(22)2)36-33(44)31-30(24-12-14-26(35)15-13-24)28-10-3-4-16-39-32(37-40(31)34(28)39)25-8-6-9-27(21-25)45(41,42)38-17-19-43-20-18-38/h6,8-9,12-15,21-23,29H,3-5,7,10-11,16-20H2,1-2H3,(H,36,44)/t22-,23+,29-/m1/s1. The number of ether oxygens (including phenoxy) is 1. The molecule has 2 fully saturated rings. The molecular formula is C34H40ClN5O3S2. The first-order valence-corrected chi connectivity index (χ1v) is 18.4. The first-order valence-electron chi connectivity index (χ1n) is 16.1. The van der Waals surface area contributed by atoms with Gasteiger partial charge in [0.15, 0.2) is 5.82 Å². The molecule has 4 heterocycles.